The molecule has 24 heavy (non-hydrogen) atoms. The van der Waals surface area contributed by atoms with E-state index in [0.717, 1.165) is 11.4 Å². The van der Waals surface area contributed by atoms with E-state index in [1.165, 1.54) is 5.56 Å². The summed E-state index contributed by atoms with van der Waals surface area (Å²) in [6, 6.07) is 15.3. The molecule has 0 bridgehead atoms. The van der Waals surface area contributed by atoms with Gasteiger partial charge in [-0.1, -0.05) is 29.8 Å². The summed E-state index contributed by atoms with van der Waals surface area (Å²) in [6.07, 6.45) is 3.48. The number of nitrogens with zero attached hydrogens (tertiary/aromatic N) is 4. The molecule has 0 saturated heterocycles. The molecule has 0 radical (unpaired) electrons. The van der Waals surface area contributed by atoms with Gasteiger partial charge >= 0.3 is 0 Å². The van der Waals surface area contributed by atoms with Crippen molar-refractivity contribution in [2.45, 2.75) is 13.8 Å². The number of anilines is 1. The second-order valence-electron chi connectivity index (χ2n) is 5.36. The Hall–Kier alpha value is -3.28. The van der Waals surface area contributed by atoms with Crippen LogP contribution < -0.4 is 5.32 Å². The topological polar surface area (TPSA) is 72.7 Å². The standard InChI is InChI=1S/C18H17N5O/c1-13-7-9-15(10-8-13)23-18(20-21-22-23)11-12-19-17-6-4-3-5-16(17)14(2)24/h3-12,19H,1-2H3. The largest absolute Gasteiger partial charge is 0.361 e. The second-order valence-corrected chi connectivity index (χ2v) is 5.36. The molecule has 1 aromatic heterocycles. The van der Waals surface area contributed by atoms with Crippen molar-refractivity contribution in [2.75, 3.05) is 5.32 Å². The lowest BCUT2D eigenvalue weighted by molar-refractivity contribution is 0.101. The maximum atomic E-state index is 11.6. The predicted molar refractivity (Wildman–Crippen MR) is 93.0 cm³/mol. The van der Waals surface area contributed by atoms with Crippen molar-refractivity contribution in [3.8, 4) is 5.69 Å². The smallest absolute Gasteiger partial charge is 0.181 e. The van der Waals surface area contributed by atoms with Crippen LogP contribution >= 0.6 is 0 Å². The Morgan fingerprint density at radius 2 is 1.88 bits per heavy atom. The van der Waals surface area contributed by atoms with Gasteiger partial charge in [0.25, 0.3) is 0 Å². The van der Waals surface area contributed by atoms with Gasteiger partial charge in [-0.2, -0.15) is 4.68 Å². The van der Waals surface area contributed by atoms with E-state index >= 15 is 0 Å². The highest BCUT2D eigenvalue weighted by atomic mass is 16.1. The van der Waals surface area contributed by atoms with Crippen molar-refractivity contribution in [3.05, 3.63) is 71.7 Å². The molecule has 1 N–H and O–H groups in total. The third-order valence-corrected chi connectivity index (χ3v) is 3.55. The predicted octanol–water partition coefficient (Wildman–Crippen LogP) is 3.26. The average Bonchev–Trinajstić information content (AvgIpc) is 3.04. The molecule has 0 atom stereocenters. The van der Waals surface area contributed by atoms with Crippen LogP contribution in [0.4, 0.5) is 5.69 Å². The van der Waals surface area contributed by atoms with Crippen LogP contribution in [0.1, 0.15) is 28.7 Å². The van der Waals surface area contributed by atoms with Gasteiger partial charge in [-0.25, -0.2) is 0 Å². The maximum absolute atomic E-state index is 11.6. The van der Waals surface area contributed by atoms with E-state index in [4.69, 9.17) is 0 Å². The van der Waals surface area contributed by atoms with Crippen molar-refractivity contribution in [2.24, 2.45) is 0 Å². The highest BCUT2D eigenvalue weighted by Crippen LogP contribution is 2.16. The number of ketones is 1. The van der Waals surface area contributed by atoms with Gasteiger partial charge in [-0.3, -0.25) is 4.79 Å². The molecule has 0 saturated carbocycles. The van der Waals surface area contributed by atoms with E-state index in [0.29, 0.717) is 11.4 Å². The SMILES string of the molecule is CC(=O)c1ccccc1NC=Cc1nnnn1-c1ccc(C)cc1. The summed E-state index contributed by atoms with van der Waals surface area (Å²) < 4.78 is 1.65. The molecule has 0 unspecified atom stereocenters. The number of carbonyl (C=O) groups is 1. The number of Topliss-reactive ketones (excluding diaryl/α,β-unsaturated/α-hetero) is 1. The van der Waals surface area contributed by atoms with Crippen LogP contribution in [-0.4, -0.2) is 26.0 Å². The van der Waals surface area contributed by atoms with Gasteiger partial charge in [0.1, 0.15) is 0 Å². The fourth-order valence-corrected chi connectivity index (χ4v) is 2.29. The summed E-state index contributed by atoms with van der Waals surface area (Å²) in [6.45, 7) is 3.57. The number of hydrogen-bond acceptors (Lipinski definition) is 5. The summed E-state index contributed by atoms with van der Waals surface area (Å²) in [5.74, 6) is 0.600. The van der Waals surface area contributed by atoms with Crippen molar-refractivity contribution in [1.29, 1.82) is 0 Å². The summed E-state index contributed by atoms with van der Waals surface area (Å²) in [5.41, 5.74) is 3.44. The highest BCUT2D eigenvalue weighted by Gasteiger charge is 2.06. The lowest BCUT2D eigenvalue weighted by Gasteiger charge is -2.06. The first-order chi connectivity index (χ1) is 11.6. The fourth-order valence-electron chi connectivity index (χ4n) is 2.29. The van der Waals surface area contributed by atoms with Crippen molar-refractivity contribution in [1.82, 2.24) is 20.2 Å². The van der Waals surface area contributed by atoms with E-state index in [1.807, 2.05) is 49.4 Å². The molecular formula is C18H17N5O. The molecule has 0 spiro atoms. The zero-order valence-corrected chi connectivity index (χ0v) is 13.5. The molecule has 2 aromatic carbocycles. The van der Waals surface area contributed by atoms with Crippen molar-refractivity contribution >= 4 is 17.5 Å². The maximum Gasteiger partial charge on any atom is 0.181 e. The first-order valence-electron chi connectivity index (χ1n) is 7.53. The molecule has 6 heteroatoms. The Bertz CT molecular complexity index is 880. The second kappa shape index (κ2) is 6.87. The lowest BCUT2D eigenvalue weighted by Crippen LogP contribution is -2.01. The van der Waals surface area contributed by atoms with Gasteiger partial charge in [0.05, 0.1) is 5.69 Å². The van der Waals surface area contributed by atoms with Crippen LogP contribution in [0.3, 0.4) is 0 Å². The average molecular weight is 319 g/mol. The van der Waals surface area contributed by atoms with Gasteiger partial charge in [-0.05, 0) is 48.5 Å². The molecule has 0 fully saturated rings. The minimum Gasteiger partial charge on any atom is -0.361 e. The Morgan fingerprint density at radius 1 is 1.12 bits per heavy atom. The van der Waals surface area contributed by atoms with Gasteiger partial charge in [0, 0.05) is 23.5 Å². The van der Waals surface area contributed by atoms with Crippen LogP contribution in [0.15, 0.2) is 54.7 Å². The van der Waals surface area contributed by atoms with Crippen molar-refractivity contribution < 1.29 is 4.79 Å². The molecule has 0 aliphatic rings. The number of para-hydroxylation sites is 1. The Labute approximate surface area is 139 Å². The van der Waals surface area contributed by atoms with Gasteiger partial charge in [0.2, 0.25) is 0 Å². The monoisotopic (exact) mass is 319 g/mol. The van der Waals surface area contributed by atoms with Crippen LogP contribution in [0.25, 0.3) is 11.8 Å². The number of tetrazole rings is 1. The van der Waals surface area contributed by atoms with E-state index < -0.39 is 0 Å². The third-order valence-electron chi connectivity index (χ3n) is 3.55. The van der Waals surface area contributed by atoms with Crippen molar-refractivity contribution in [3.63, 3.8) is 0 Å². The molecule has 0 aliphatic heterocycles. The quantitative estimate of drug-likeness (QED) is 0.731. The van der Waals surface area contributed by atoms with Crippen LogP contribution in [0, 0.1) is 6.92 Å². The van der Waals surface area contributed by atoms with Gasteiger partial charge < -0.3 is 5.32 Å². The minimum absolute atomic E-state index is 0.0102. The molecule has 6 nitrogen and oxygen atoms in total. The number of nitrogens with one attached hydrogen (secondary N) is 1. The zero-order valence-electron chi connectivity index (χ0n) is 13.5. The number of rotatable bonds is 5. The highest BCUT2D eigenvalue weighted by molar-refractivity contribution is 5.99. The number of aromatic nitrogens is 4. The van der Waals surface area contributed by atoms with Crippen LogP contribution in [0.2, 0.25) is 0 Å². The van der Waals surface area contributed by atoms with E-state index in [1.54, 1.807) is 29.9 Å². The fraction of sp³-hybridized carbons (Fsp3) is 0.111. The number of carbonyl (C=O) groups excluding carboxylic acids is 1. The molecule has 1 heterocycles. The normalized spacial score (nSPS) is 10.9. The molecule has 120 valence electrons. The molecular weight excluding hydrogens is 302 g/mol. The molecule has 3 aromatic rings. The van der Waals surface area contributed by atoms with Crippen LogP contribution in [-0.2, 0) is 0 Å². The molecule has 0 amide bonds. The number of hydrogen-bond donors (Lipinski definition) is 1. The minimum atomic E-state index is 0.0102. The Balaban J connectivity index is 1.81. The first kappa shape index (κ1) is 15.6. The lowest BCUT2D eigenvalue weighted by atomic mass is 10.1. The summed E-state index contributed by atoms with van der Waals surface area (Å²) in [4.78, 5) is 11.6. The van der Waals surface area contributed by atoms with Gasteiger partial charge in [-0.15, -0.1) is 5.10 Å². The van der Waals surface area contributed by atoms with E-state index in [9.17, 15) is 4.79 Å². The summed E-state index contributed by atoms with van der Waals surface area (Å²) in [7, 11) is 0. The molecule has 0 aliphatic carbocycles. The zero-order chi connectivity index (χ0) is 16.9. The van der Waals surface area contributed by atoms with Gasteiger partial charge in [0.15, 0.2) is 11.6 Å². The summed E-state index contributed by atoms with van der Waals surface area (Å²) >= 11 is 0. The Kier molecular flexibility index (Phi) is 4.47. The van der Waals surface area contributed by atoms with Crippen LogP contribution in [0.5, 0.6) is 0 Å². The van der Waals surface area contributed by atoms with E-state index in [2.05, 4.69) is 20.8 Å². The summed E-state index contributed by atoms with van der Waals surface area (Å²) in [5, 5.41) is 14.9. The Morgan fingerprint density at radius 3 is 2.62 bits per heavy atom. The first-order valence-corrected chi connectivity index (χ1v) is 7.53. The number of aryl methyl sites for hydroxylation is 1. The molecule has 3 rings (SSSR count). The number of benzene rings is 2. The van der Waals surface area contributed by atoms with E-state index in [-0.39, 0.29) is 5.78 Å². The third kappa shape index (κ3) is 3.38.